The molecule has 2 aliphatic rings. The first-order valence-corrected chi connectivity index (χ1v) is 8.10. The van der Waals surface area contributed by atoms with Crippen LogP contribution >= 0.6 is 12.4 Å². The quantitative estimate of drug-likeness (QED) is 0.790. The van der Waals surface area contributed by atoms with E-state index in [1.807, 2.05) is 0 Å². The topological polar surface area (TPSA) is 50.4 Å². The van der Waals surface area contributed by atoms with Crippen LogP contribution in [0.25, 0.3) is 0 Å². The Morgan fingerprint density at radius 3 is 2.62 bits per heavy atom. The summed E-state index contributed by atoms with van der Waals surface area (Å²) in [5.41, 5.74) is 0.138. The molecule has 1 aliphatic heterocycles. The Bertz CT molecular complexity index is 314. The Hall–Kier alpha value is -0.320. The van der Waals surface area contributed by atoms with Gasteiger partial charge in [0.25, 0.3) is 0 Å². The third-order valence-electron chi connectivity index (χ3n) is 5.05. The maximum absolute atomic E-state index is 12.1. The van der Waals surface area contributed by atoms with Crippen LogP contribution < -0.4 is 10.6 Å². The SMILES string of the molecule is COCC1(CNC(=O)CC2CCC(C)C2)CCNCC1.Cl. The van der Waals surface area contributed by atoms with Crippen LogP contribution in [0, 0.1) is 17.3 Å². The molecule has 0 spiro atoms. The van der Waals surface area contributed by atoms with E-state index in [0.29, 0.717) is 12.3 Å². The number of amides is 1. The molecule has 21 heavy (non-hydrogen) atoms. The summed E-state index contributed by atoms with van der Waals surface area (Å²) in [6.07, 6.45) is 6.62. The summed E-state index contributed by atoms with van der Waals surface area (Å²) >= 11 is 0. The van der Waals surface area contributed by atoms with Gasteiger partial charge in [-0.15, -0.1) is 12.4 Å². The van der Waals surface area contributed by atoms with E-state index in [2.05, 4.69) is 17.6 Å². The van der Waals surface area contributed by atoms with Gasteiger partial charge >= 0.3 is 0 Å². The molecule has 0 aromatic rings. The maximum atomic E-state index is 12.1. The molecule has 0 radical (unpaired) electrons. The molecule has 0 bridgehead atoms. The van der Waals surface area contributed by atoms with E-state index >= 15 is 0 Å². The van der Waals surface area contributed by atoms with Crippen molar-refractivity contribution in [3.8, 4) is 0 Å². The van der Waals surface area contributed by atoms with Gasteiger partial charge in [0.15, 0.2) is 0 Å². The normalized spacial score (nSPS) is 27.9. The largest absolute Gasteiger partial charge is 0.384 e. The van der Waals surface area contributed by atoms with Gasteiger partial charge in [-0.2, -0.15) is 0 Å². The predicted molar refractivity (Wildman–Crippen MR) is 87.8 cm³/mol. The fraction of sp³-hybridized carbons (Fsp3) is 0.938. The van der Waals surface area contributed by atoms with E-state index < -0.39 is 0 Å². The van der Waals surface area contributed by atoms with Gasteiger partial charge in [0.1, 0.15) is 0 Å². The lowest BCUT2D eigenvalue weighted by Gasteiger charge is -2.37. The van der Waals surface area contributed by atoms with Crippen molar-refractivity contribution in [3.63, 3.8) is 0 Å². The second-order valence-electron chi connectivity index (χ2n) is 6.95. The Balaban J connectivity index is 0.00000220. The highest BCUT2D eigenvalue weighted by molar-refractivity contribution is 5.85. The Morgan fingerprint density at radius 1 is 1.33 bits per heavy atom. The molecule has 2 N–H and O–H groups in total. The van der Waals surface area contributed by atoms with Crippen LogP contribution in [0.3, 0.4) is 0 Å². The van der Waals surface area contributed by atoms with Crippen molar-refractivity contribution in [1.82, 2.24) is 10.6 Å². The molecule has 0 aromatic carbocycles. The molecule has 1 saturated heterocycles. The van der Waals surface area contributed by atoms with Crippen LogP contribution in [0.1, 0.15) is 45.4 Å². The minimum Gasteiger partial charge on any atom is -0.384 e. The molecule has 2 unspecified atom stereocenters. The first-order chi connectivity index (χ1) is 9.63. The molecule has 2 rings (SSSR count). The number of ether oxygens (including phenoxy) is 1. The van der Waals surface area contributed by atoms with E-state index in [0.717, 1.165) is 45.0 Å². The number of carbonyl (C=O) groups excluding carboxylic acids is 1. The summed E-state index contributed by atoms with van der Waals surface area (Å²) < 4.78 is 5.39. The first kappa shape index (κ1) is 18.7. The molecule has 2 atom stereocenters. The highest BCUT2D eigenvalue weighted by atomic mass is 35.5. The van der Waals surface area contributed by atoms with E-state index in [1.54, 1.807) is 7.11 Å². The van der Waals surface area contributed by atoms with Crippen molar-refractivity contribution >= 4 is 18.3 Å². The number of hydrogen-bond acceptors (Lipinski definition) is 3. The summed E-state index contributed by atoms with van der Waals surface area (Å²) in [5.74, 6) is 1.64. The summed E-state index contributed by atoms with van der Waals surface area (Å²) in [7, 11) is 1.76. The first-order valence-electron chi connectivity index (χ1n) is 8.10. The number of piperidine rings is 1. The fourth-order valence-corrected chi connectivity index (χ4v) is 3.77. The van der Waals surface area contributed by atoms with E-state index in [4.69, 9.17) is 4.74 Å². The van der Waals surface area contributed by atoms with Crippen molar-refractivity contribution in [1.29, 1.82) is 0 Å². The zero-order valence-corrected chi connectivity index (χ0v) is 14.3. The average Bonchev–Trinajstić information content (AvgIpc) is 2.83. The number of hydrogen-bond donors (Lipinski definition) is 2. The second kappa shape index (κ2) is 8.96. The van der Waals surface area contributed by atoms with E-state index in [1.165, 1.54) is 19.3 Å². The number of carbonyl (C=O) groups is 1. The van der Waals surface area contributed by atoms with E-state index in [-0.39, 0.29) is 23.7 Å². The zero-order chi connectivity index (χ0) is 14.4. The zero-order valence-electron chi connectivity index (χ0n) is 13.5. The smallest absolute Gasteiger partial charge is 0.220 e. The molecular weight excluding hydrogens is 288 g/mol. The van der Waals surface area contributed by atoms with Gasteiger partial charge in [-0.05, 0) is 50.6 Å². The molecule has 1 heterocycles. The second-order valence-corrected chi connectivity index (χ2v) is 6.95. The van der Waals surface area contributed by atoms with Gasteiger partial charge in [-0.25, -0.2) is 0 Å². The van der Waals surface area contributed by atoms with Crippen LogP contribution in [0.5, 0.6) is 0 Å². The summed E-state index contributed by atoms with van der Waals surface area (Å²) in [6, 6.07) is 0. The lowest BCUT2D eigenvalue weighted by atomic mass is 9.79. The third kappa shape index (κ3) is 5.76. The van der Waals surface area contributed by atoms with Crippen LogP contribution in [0.15, 0.2) is 0 Å². The highest BCUT2D eigenvalue weighted by Crippen LogP contribution is 2.33. The van der Waals surface area contributed by atoms with Crippen LogP contribution in [-0.4, -0.2) is 39.3 Å². The third-order valence-corrected chi connectivity index (χ3v) is 5.05. The number of methoxy groups -OCH3 is 1. The van der Waals surface area contributed by atoms with Crippen molar-refractivity contribution in [2.45, 2.75) is 45.4 Å². The number of rotatable bonds is 6. The molecule has 4 nitrogen and oxygen atoms in total. The van der Waals surface area contributed by atoms with Crippen molar-refractivity contribution in [3.05, 3.63) is 0 Å². The molecular formula is C16H31ClN2O2. The van der Waals surface area contributed by atoms with Gasteiger partial charge < -0.3 is 15.4 Å². The van der Waals surface area contributed by atoms with Gasteiger partial charge in [-0.3, -0.25) is 4.79 Å². The molecule has 124 valence electrons. The van der Waals surface area contributed by atoms with Crippen molar-refractivity contribution < 1.29 is 9.53 Å². The average molecular weight is 319 g/mol. The summed E-state index contributed by atoms with van der Waals surface area (Å²) in [5, 5.41) is 6.55. The molecule has 1 saturated carbocycles. The molecule has 5 heteroatoms. The van der Waals surface area contributed by atoms with Crippen LogP contribution in [0.2, 0.25) is 0 Å². The Morgan fingerprint density at radius 2 is 2.05 bits per heavy atom. The summed E-state index contributed by atoms with van der Waals surface area (Å²) in [6.45, 7) is 5.86. The van der Waals surface area contributed by atoms with Crippen LogP contribution in [-0.2, 0) is 9.53 Å². The van der Waals surface area contributed by atoms with Gasteiger partial charge in [-0.1, -0.05) is 13.3 Å². The molecule has 0 aromatic heterocycles. The minimum atomic E-state index is 0. The van der Waals surface area contributed by atoms with Gasteiger partial charge in [0.2, 0.25) is 5.91 Å². The van der Waals surface area contributed by atoms with Gasteiger partial charge in [0, 0.05) is 25.5 Å². The fourth-order valence-electron chi connectivity index (χ4n) is 3.77. The standard InChI is InChI=1S/C16H30N2O2.ClH/c1-13-3-4-14(9-13)10-15(19)18-11-16(12-20-2)5-7-17-8-6-16;/h13-14,17H,3-12H2,1-2H3,(H,18,19);1H. The molecule has 1 aliphatic carbocycles. The number of nitrogens with one attached hydrogen (secondary N) is 2. The lowest BCUT2D eigenvalue weighted by Crippen LogP contribution is -2.47. The molecule has 2 fully saturated rings. The van der Waals surface area contributed by atoms with Crippen molar-refractivity contribution in [2.24, 2.45) is 17.3 Å². The summed E-state index contributed by atoms with van der Waals surface area (Å²) in [4.78, 5) is 12.1. The van der Waals surface area contributed by atoms with Gasteiger partial charge in [0.05, 0.1) is 6.61 Å². The number of halogens is 1. The maximum Gasteiger partial charge on any atom is 0.220 e. The predicted octanol–water partition coefficient (Wildman–Crippen LogP) is 2.37. The Kier molecular flexibility index (Phi) is 7.99. The monoisotopic (exact) mass is 318 g/mol. The molecule has 1 amide bonds. The van der Waals surface area contributed by atoms with E-state index in [9.17, 15) is 4.79 Å². The van der Waals surface area contributed by atoms with Crippen molar-refractivity contribution in [2.75, 3.05) is 33.4 Å². The lowest BCUT2D eigenvalue weighted by molar-refractivity contribution is -0.122. The van der Waals surface area contributed by atoms with Crippen LogP contribution in [0.4, 0.5) is 0 Å². The highest BCUT2D eigenvalue weighted by Gasteiger charge is 2.33. The Labute approximate surface area is 135 Å². The minimum absolute atomic E-state index is 0.